The van der Waals surface area contributed by atoms with E-state index in [4.69, 9.17) is 0 Å². The molecule has 1 saturated heterocycles. The van der Waals surface area contributed by atoms with Crippen LogP contribution in [0.4, 0.5) is 5.69 Å². The van der Waals surface area contributed by atoms with Crippen molar-refractivity contribution in [2.45, 2.75) is 45.2 Å². The lowest BCUT2D eigenvalue weighted by molar-refractivity contribution is 0.136. The van der Waals surface area contributed by atoms with Crippen LogP contribution in [0.1, 0.15) is 38.7 Å². The van der Waals surface area contributed by atoms with Gasteiger partial charge in [0.1, 0.15) is 0 Å². The average Bonchev–Trinajstić information content (AvgIpc) is 2.51. The fourth-order valence-corrected chi connectivity index (χ4v) is 3.27. The van der Waals surface area contributed by atoms with Gasteiger partial charge in [-0.2, -0.15) is 5.26 Å². The number of nitrogens with one attached hydrogen (secondary N) is 1. The minimum Gasteiger partial charge on any atom is -0.318 e. The molecule has 1 fully saturated rings. The van der Waals surface area contributed by atoms with E-state index in [0.29, 0.717) is 12.1 Å². The lowest BCUT2D eigenvalue weighted by Gasteiger charge is -2.39. The third kappa shape index (κ3) is 2.59. The monoisotopic (exact) mass is 279 g/mol. The van der Waals surface area contributed by atoms with Gasteiger partial charge in [-0.25, -0.2) is 5.01 Å². The molecule has 1 aliphatic heterocycles. The highest BCUT2D eigenvalue weighted by molar-refractivity contribution is 5.97. The van der Waals surface area contributed by atoms with Gasteiger partial charge in [-0.3, -0.25) is 0 Å². The Balaban J connectivity index is 2.00. The quantitative estimate of drug-likeness (QED) is 0.890. The number of anilines is 1. The van der Waals surface area contributed by atoms with E-state index in [2.05, 4.69) is 36.4 Å². The number of rotatable bonds is 2. The minimum atomic E-state index is 0.531. The van der Waals surface area contributed by atoms with E-state index in [0.717, 1.165) is 22.0 Å². The summed E-state index contributed by atoms with van der Waals surface area (Å²) in [5.74, 6) is 0. The van der Waals surface area contributed by atoms with Gasteiger partial charge in [0.05, 0.1) is 17.3 Å². The van der Waals surface area contributed by atoms with Crippen LogP contribution in [-0.2, 0) is 0 Å². The molecule has 0 bridgehead atoms. The van der Waals surface area contributed by atoms with Gasteiger partial charge in [0.25, 0.3) is 0 Å². The first kappa shape index (κ1) is 13.9. The number of hydrogen-bond donors (Lipinski definition) is 1. The van der Waals surface area contributed by atoms with E-state index in [1.54, 1.807) is 0 Å². The van der Waals surface area contributed by atoms with Crippen molar-refractivity contribution in [3.8, 4) is 6.07 Å². The predicted molar refractivity (Wildman–Crippen MR) is 86.9 cm³/mol. The Kier molecular flexibility index (Phi) is 3.81. The van der Waals surface area contributed by atoms with Gasteiger partial charge in [-0.15, -0.1) is 0 Å². The number of nitriles is 1. The molecule has 0 amide bonds. The Morgan fingerprint density at radius 3 is 2.38 bits per heavy atom. The lowest BCUT2D eigenvalue weighted by Crippen LogP contribution is -2.47. The van der Waals surface area contributed by atoms with Gasteiger partial charge in [-0.05, 0) is 38.8 Å². The molecule has 3 heteroatoms. The fraction of sp³-hybridized carbons (Fsp3) is 0.389. The Morgan fingerprint density at radius 2 is 1.71 bits per heavy atom. The summed E-state index contributed by atoms with van der Waals surface area (Å²) < 4.78 is 0. The summed E-state index contributed by atoms with van der Waals surface area (Å²) in [5.41, 5.74) is 5.42. The van der Waals surface area contributed by atoms with Crippen LogP contribution in [0.2, 0.25) is 0 Å². The van der Waals surface area contributed by atoms with E-state index >= 15 is 0 Å². The zero-order valence-corrected chi connectivity index (χ0v) is 12.6. The van der Waals surface area contributed by atoms with Crippen LogP contribution in [-0.4, -0.2) is 17.1 Å². The van der Waals surface area contributed by atoms with Gasteiger partial charge >= 0.3 is 0 Å². The third-order valence-corrected chi connectivity index (χ3v) is 4.49. The summed E-state index contributed by atoms with van der Waals surface area (Å²) in [6, 6.07) is 15.4. The predicted octanol–water partition coefficient (Wildman–Crippen LogP) is 4.30. The zero-order chi connectivity index (χ0) is 14.8. The number of nitrogens with zero attached hydrogens (tertiary/aromatic N) is 2. The van der Waals surface area contributed by atoms with Crippen molar-refractivity contribution in [1.29, 1.82) is 5.26 Å². The standard InChI is InChI=1S/C18H21N3/c1-13-6-5-7-14(2)21(13)20-18-11-10-15(12-19)16-8-3-4-9-17(16)18/h3-4,8-11,13-14,20H,5-7H2,1-2H3. The van der Waals surface area contributed by atoms with Crippen molar-refractivity contribution in [1.82, 2.24) is 5.01 Å². The Bertz CT molecular complexity index is 676. The summed E-state index contributed by atoms with van der Waals surface area (Å²) in [6.45, 7) is 4.54. The van der Waals surface area contributed by atoms with Crippen LogP contribution in [0.15, 0.2) is 36.4 Å². The maximum absolute atomic E-state index is 9.25. The van der Waals surface area contributed by atoms with E-state index in [1.807, 2.05) is 30.3 Å². The molecule has 0 spiro atoms. The first-order valence-corrected chi connectivity index (χ1v) is 7.67. The van der Waals surface area contributed by atoms with Crippen molar-refractivity contribution < 1.29 is 0 Å². The molecule has 1 heterocycles. The van der Waals surface area contributed by atoms with Crippen LogP contribution in [0, 0.1) is 11.3 Å². The molecule has 21 heavy (non-hydrogen) atoms. The van der Waals surface area contributed by atoms with Crippen molar-refractivity contribution in [2.75, 3.05) is 5.43 Å². The smallest absolute Gasteiger partial charge is 0.0998 e. The maximum atomic E-state index is 9.25. The van der Waals surface area contributed by atoms with Crippen LogP contribution < -0.4 is 5.43 Å². The minimum absolute atomic E-state index is 0.531. The summed E-state index contributed by atoms with van der Waals surface area (Å²) in [7, 11) is 0. The number of fused-ring (bicyclic) bond motifs is 1. The molecule has 1 aliphatic rings. The molecular weight excluding hydrogens is 258 g/mol. The van der Waals surface area contributed by atoms with E-state index in [-0.39, 0.29) is 0 Å². The van der Waals surface area contributed by atoms with Gasteiger partial charge in [0.2, 0.25) is 0 Å². The van der Waals surface area contributed by atoms with Crippen LogP contribution in [0.3, 0.4) is 0 Å². The van der Waals surface area contributed by atoms with Crippen LogP contribution in [0.25, 0.3) is 10.8 Å². The van der Waals surface area contributed by atoms with Crippen molar-refractivity contribution in [2.24, 2.45) is 0 Å². The van der Waals surface area contributed by atoms with E-state index < -0.39 is 0 Å². The summed E-state index contributed by atoms with van der Waals surface area (Å²) >= 11 is 0. The maximum Gasteiger partial charge on any atom is 0.0998 e. The third-order valence-electron chi connectivity index (χ3n) is 4.49. The molecule has 3 nitrogen and oxygen atoms in total. The van der Waals surface area contributed by atoms with Crippen molar-refractivity contribution in [3.63, 3.8) is 0 Å². The summed E-state index contributed by atoms with van der Waals surface area (Å²) in [5, 5.41) is 13.7. The van der Waals surface area contributed by atoms with Gasteiger partial charge in [0.15, 0.2) is 0 Å². The first-order chi connectivity index (χ1) is 10.2. The summed E-state index contributed by atoms with van der Waals surface area (Å²) in [6.07, 6.45) is 3.76. The van der Waals surface area contributed by atoms with Gasteiger partial charge < -0.3 is 5.43 Å². The van der Waals surface area contributed by atoms with Crippen LogP contribution >= 0.6 is 0 Å². The second-order valence-electron chi connectivity index (χ2n) is 5.97. The molecule has 2 aromatic carbocycles. The fourth-order valence-electron chi connectivity index (χ4n) is 3.27. The highest BCUT2D eigenvalue weighted by Gasteiger charge is 2.25. The second-order valence-corrected chi connectivity index (χ2v) is 5.97. The number of hydrogen-bond acceptors (Lipinski definition) is 3. The Morgan fingerprint density at radius 1 is 1.05 bits per heavy atom. The molecule has 1 N–H and O–H groups in total. The molecule has 0 saturated carbocycles. The van der Waals surface area contributed by atoms with E-state index in [1.165, 1.54) is 19.3 Å². The molecule has 2 atom stereocenters. The normalized spacial score (nSPS) is 22.9. The highest BCUT2D eigenvalue weighted by Crippen LogP contribution is 2.29. The average molecular weight is 279 g/mol. The number of benzene rings is 2. The largest absolute Gasteiger partial charge is 0.318 e. The van der Waals surface area contributed by atoms with Crippen molar-refractivity contribution in [3.05, 3.63) is 42.0 Å². The number of piperidine rings is 1. The SMILES string of the molecule is CC1CCCC(C)N1Nc1ccc(C#N)c2ccccc12. The topological polar surface area (TPSA) is 39.1 Å². The second kappa shape index (κ2) is 5.75. The lowest BCUT2D eigenvalue weighted by atomic mass is 9.99. The zero-order valence-electron chi connectivity index (χ0n) is 12.6. The van der Waals surface area contributed by atoms with Gasteiger partial charge in [-0.1, -0.05) is 30.7 Å². The van der Waals surface area contributed by atoms with Crippen molar-refractivity contribution >= 4 is 16.5 Å². The Labute approximate surface area is 126 Å². The van der Waals surface area contributed by atoms with E-state index in [9.17, 15) is 5.26 Å². The molecular formula is C18H21N3. The molecule has 0 aliphatic carbocycles. The molecule has 0 radical (unpaired) electrons. The summed E-state index contributed by atoms with van der Waals surface area (Å²) in [4.78, 5) is 0. The molecule has 108 valence electrons. The highest BCUT2D eigenvalue weighted by atomic mass is 15.5. The molecule has 2 aromatic rings. The first-order valence-electron chi connectivity index (χ1n) is 7.67. The van der Waals surface area contributed by atoms with Crippen LogP contribution in [0.5, 0.6) is 0 Å². The molecule has 0 aromatic heterocycles. The molecule has 2 unspecified atom stereocenters. The van der Waals surface area contributed by atoms with Gasteiger partial charge in [0, 0.05) is 22.9 Å². The molecule has 3 rings (SSSR count). The number of hydrazine groups is 1. The Hall–Kier alpha value is -2.05.